The summed E-state index contributed by atoms with van der Waals surface area (Å²) in [7, 11) is 0. The van der Waals surface area contributed by atoms with E-state index in [-0.39, 0.29) is 144 Å². The quantitative estimate of drug-likeness (QED) is 0.325. The lowest BCUT2D eigenvalue weighted by molar-refractivity contribution is -0.131. The number of ketones is 1. The highest BCUT2D eigenvalue weighted by molar-refractivity contribution is 7.14. The van der Waals surface area contributed by atoms with E-state index in [4.69, 9.17) is 4.74 Å². The summed E-state index contributed by atoms with van der Waals surface area (Å²) in [6, 6.07) is 6.37. The SMILES string of the molecule is CC(=O)Oc1cc2c(s1)CC(C)N(C(C(=O)C1C(C)C1C)c1c(C)cccc1F)C2.[HH].[HH].[HH].[HH].[HH].[HH].[HH].[HH].[HH].[HH].[HH].[HH].[HH].[HH].[HH].[HH].[HH].[HH].[HH].[HH].[HH].[HH].[HH].[HH].[HH].[HH].[HH].[HH].[HH].[HH].[HH].[HH].[HH].[HH].[HH].[HH].[HH].[HH].[HH].[HH].[HH].[HH].[HH].[HH].[HH].[HH].[HH].[HH].[HH].[HH].[HH].[HH].[HH].[HH].[HH].[HH].[HH].[HH].[HH].[HH].[HH].[HH].[HH].[HH].[HH].[HH].[HH].[HH].[HH].[HH].[HH].[HH].[HH].[HH].[HH].[HH].[HH].[HH].[HH].[HH]. The molecular weight excluding hydrogens is 401 g/mol. The molecule has 4 nitrogen and oxygen atoms in total. The third kappa shape index (κ3) is 3.71. The normalized spacial score (nSPS) is 26.7. The summed E-state index contributed by atoms with van der Waals surface area (Å²) in [4.78, 5) is 28.3. The molecule has 1 aliphatic heterocycles. The number of benzene rings is 1. The lowest BCUT2D eigenvalue weighted by atomic mass is 9.89. The molecule has 4 rings (SSSR count). The first-order valence-electron chi connectivity index (χ1n) is 10.5. The van der Waals surface area contributed by atoms with Crippen molar-refractivity contribution in [1.82, 2.24) is 4.90 Å². The first-order chi connectivity index (χ1) is 14.2. The van der Waals surface area contributed by atoms with Gasteiger partial charge >= 0.3 is 5.97 Å². The van der Waals surface area contributed by atoms with Crippen LogP contribution < -0.4 is 4.74 Å². The van der Waals surface area contributed by atoms with Crippen LogP contribution in [0.15, 0.2) is 24.3 Å². The number of rotatable bonds is 5. The number of aryl methyl sites for hydroxylation is 1. The van der Waals surface area contributed by atoms with Gasteiger partial charge in [0.25, 0.3) is 0 Å². The van der Waals surface area contributed by atoms with Crippen molar-refractivity contribution in [3.8, 4) is 5.06 Å². The van der Waals surface area contributed by atoms with E-state index in [0.29, 0.717) is 29.0 Å². The van der Waals surface area contributed by atoms with E-state index in [1.54, 1.807) is 6.07 Å². The van der Waals surface area contributed by atoms with Gasteiger partial charge in [-0.15, -0.1) is 11.3 Å². The number of Topliss-reactive ketones (excluding diaryl/α,β-unsaturated/α-hetero) is 1. The molecule has 4 unspecified atom stereocenters. The third-order valence-electron chi connectivity index (χ3n) is 6.81. The van der Waals surface area contributed by atoms with Gasteiger partial charge < -0.3 is 4.74 Å². The Hall–Kier alpha value is -2.05. The van der Waals surface area contributed by atoms with Gasteiger partial charge in [-0.3, -0.25) is 14.5 Å². The molecule has 1 aromatic heterocycles. The second kappa shape index (κ2) is 7.89. The number of nitrogens with zero attached hydrogens (tertiary/aromatic N) is 1. The maximum absolute atomic E-state index is 15.0. The Morgan fingerprint density at radius 3 is 2.57 bits per heavy atom. The lowest BCUT2D eigenvalue weighted by Crippen LogP contribution is -2.44. The minimum absolute atomic E-state index is 0. The molecule has 6 heteroatoms. The van der Waals surface area contributed by atoms with Crippen molar-refractivity contribution in [2.24, 2.45) is 17.8 Å². The fraction of sp³-hybridized carbons (Fsp3) is 0.500. The van der Waals surface area contributed by atoms with E-state index in [0.717, 1.165) is 17.5 Å². The molecule has 4 atom stereocenters. The van der Waals surface area contributed by atoms with Crippen LogP contribution in [0.4, 0.5) is 4.39 Å². The fourth-order valence-electron chi connectivity index (χ4n) is 4.85. The highest BCUT2D eigenvalue weighted by atomic mass is 32.1. The Bertz CT molecular complexity index is 1070. The number of halogens is 1. The number of carbonyl (C=O) groups excluding carboxylic acids is 2. The Balaban J connectivity index is -0.00000000181. The summed E-state index contributed by atoms with van der Waals surface area (Å²) >= 11 is 1.48. The summed E-state index contributed by atoms with van der Waals surface area (Å²) in [5.74, 6) is 0.0954. The second-order valence-corrected chi connectivity index (χ2v) is 9.95. The molecule has 1 aromatic carbocycles. The molecule has 320 valence electrons. The van der Waals surface area contributed by atoms with Crippen LogP contribution in [0.1, 0.15) is 169 Å². The Morgan fingerprint density at radius 2 is 1.97 bits per heavy atom. The maximum Gasteiger partial charge on any atom is 0.308 e. The van der Waals surface area contributed by atoms with Gasteiger partial charge in [-0.05, 0) is 55.4 Å². The van der Waals surface area contributed by atoms with Crippen LogP contribution in [0.2, 0.25) is 0 Å². The van der Waals surface area contributed by atoms with Crippen molar-refractivity contribution < 1.29 is 133 Å². The molecule has 0 spiro atoms. The minimum Gasteiger partial charge on any atom is -0.416 e. The van der Waals surface area contributed by atoms with Crippen LogP contribution in [0, 0.1) is 30.5 Å². The maximum atomic E-state index is 15.0. The zero-order chi connectivity index (χ0) is 21.7. The van der Waals surface area contributed by atoms with Gasteiger partial charge in [-0.25, -0.2) is 4.39 Å². The number of carbonyl (C=O) groups is 2. The minimum atomic E-state index is -0.608. The van der Waals surface area contributed by atoms with E-state index in [2.05, 4.69) is 25.7 Å². The van der Waals surface area contributed by atoms with Crippen molar-refractivity contribution in [2.75, 3.05) is 0 Å². The van der Waals surface area contributed by atoms with Crippen LogP contribution in [0.25, 0.3) is 0 Å². The Labute approximate surface area is 299 Å². The van der Waals surface area contributed by atoms with Gasteiger partial charge in [0, 0.05) is 150 Å². The molecule has 2 heterocycles. The molecular formula is C24H188FNO3S. The Kier molecular flexibility index (Phi) is 5.58. The summed E-state index contributed by atoms with van der Waals surface area (Å²) in [6.07, 6.45) is 0.744. The summed E-state index contributed by atoms with van der Waals surface area (Å²) < 4.78 is 20.3. The molecule has 1 aliphatic carbocycles. The van der Waals surface area contributed by atoms with E-state index >= 15 is 4.39 Å². The van der Waals surface area contributed by atoms with E-state index in [1.165, 1.54) is 29.2 Å². The lowest BCUT2D eigenvalue weighted by Gasteiger charge is -2.39. The van der Waals surface area contributed by atoms with Crippen molar-refractivity contribution in [3.63, 3.8) is 0 Å². The molecule has 0 bridgehead atoms. The largest absolute Gasteiger partial charge is 0.416 e. The smallest absolute Gasteiger partial charge is 0.308 e. The molecule has 2 aromatic rings. The van der Waals surface area contributed by atoms with E-state index in [9.17, 15) is 9.59 Å². The number of hydrogen-bond donors (Lipinski definition) is 0. The van der Waals surface area contributed by atoms with Gasteiger partial charge in [0.2, 0.25) is 0 Å². The van der Waals surface area contributed by atoms with Gasteiger partial charge in [-0.2, -0.15) is 0 Å². The molecule has 1 saturated carbocycles. The zero-order valence-corrected chi connectivity index (χ0v) is 18.9. The topological polar surface area (TPSA) is 46.6 Å². The van der Waals surface area contributed by atoms with Crippen LogP contribution in [0.5, 0.6) is 5.06 Å². The summed E-state index contributed by atoms with van der Waals surface area (Å²) in [5.41, 5.74) is 2.36. The van der Waals surface area contributed by atoms with Crippen molar-refractivity contribution in [3.05, 3.63) is 51.7 Å². The van der Waals surface area contributed by atoms with Gasteiger partial charge in [-0.1, -0.05) is 26.0 Å². The highest BCUT2D eigenvalue weighted by Crippen LogP contribution is 2.50. The molecule has 1 fully saturated rings. The van der Waals surface area contributed by atoms with Crippen molar-refractivity contribution >= 4 is 23.1 Å². The third-order valence-corrected chi connectivity index (χ3v) is 7.89. The molecule has 0 N–H and O–H groups in total. The Morgan fingerprint density at radius 1 is 1.27 bits per heavy atom. The monoisotopic (exact) mass is 590 g/mol. The molecule has 30 heavy (non-hydrogen) atoms. The summed E-state index contributed by atoms with van der Waals surface area (Å²) in [5, 5.41) is 0.580. The van der Waals surface area contributed by atoms with Gasteiger partial charge in [0.15, 0.2) is 10.8 Å². The number of esters is 1. The molecule has 0 amide bonds. The second-order valence-electron chi connectivity index (χ2n) is 8.85. The number of fused-ring (bicyclic) bond motifs is 1. The number of thiophene rings is 1. The molecule has 0 radical (unpaired) electrons. The predicted octanol–water partition coefficient (Wildman–Crippen LogP) is 24.8. The van der Waals surface area contributed by atoms with Crippen LogP contribution in [-0.4, -0.2) is 22.7 Å². The van der Waals surface area contributed by atoms with E-state index in [1.807, 2.05) is 19.1 Å². The van der Waals surface area contributed by atoms with Crippen LogP contribution in [0.3, 0.4) is 0 Å². The van der Waals surface area contributed by atoms with Crippen LogP contribution in [-0.2, 0) is 22.6 Å². The average molecular weight is 591 g/mol. The first-order valence-corrected chi connectivity index (χ1v) is 11.3. The van der Waals surface area contributed by atoms with Crippen molar-refractivity contribution in [2.45, 2.75) is 59.7 Å². The highest BCUT2D eigenvalue weighted by Gasteiger charge is 2.52. The first kappa shape index (κ1) is 21.2. The number of ether oxygens (including phenoxy) is 1. The van der Waals surface area contributed by atoms with Gasteiger partial charge in [0.1, 0.15) is 5.82 Å². The fourth-order valence-corrected chi connectivity index (χ4v) is 6.03. The summed E-state index contributed by atoms with van der Waals surface area (Å²) in [6.45, 7) is 10.1. The standard InChI is InChI=1S/C24H28FNO3S.80H2/c1-12-7-6-8-18(25)21(12)23(24(28)22-14(3)15(22)4)26-11-17-10-20(29-16(5)27)30-19(17)9-13(26)2;;;;;;;;;;;;;;;;;;;;;;;;;;;;;;;;;;;;;;;;;;;;;;;;;;;;;;;;;;;;;;;;;;;;;;;;;;;;;;;;/h6-8,10,13-15,22-23H,9,11H2,1-5H3;80*1H. The van der Waals surface area contributed by atoms with Crippen LogP contribution >= 0.6 is 11.3 Å². The van der Waals surface area contributed by atoms with E-state index < -0.39 is 6.04 Å². The zero-order valence-electron chi connectivity index (χ0n) is 18.1. The number of hydrogen-bond acceptors (Lipinski definition) is 5. The molecule has 2 aliphatic rings. The predicted molar refractivity (Wildman–Crippen MR) is 284 cm³/mol. The van der Waals surface area contributed by atoms with Gasteiger partial charge in [0.05, 0.1) is 6.04 Å². The van der Waals surface area contributed by atoms with Crippen molar-refractivity contribution in [1.29, 1.82) is 0 Å². The molecule has 0 saturated heterocycles. The average Bonchev–Trinajstić information content (AvgIpc) is 3.06.